The molecule has 0 saturated carbocycles. The second kappa shape index (κ2) is 7.25. The summed E-state index contributed by atoms with van der Waals surface area (Å²) in [6.07, 6.45) is 2.04. The second-order valence-corrected chi connectivity index (χ2v) is 5.52. The molecule has 0 aliphatic rings. The molecule has 21 heavy (non-hydrogen) atoms. The fourth-order valence-electron chi connectivity index (χ4n) is 2.41. The average molecular weight is 330 g/mol. The first-order valence-corrected chi connectivity index (χ1v) is 7.71. The van der Waals surface area contributed by atoms with Crippen LogP contribution in [0.25, 0.3) is 0 Å². The normalized spacial score (nSPS) is 12.6. The van der Waals surface area contributed by atoms with Crippen molar-refractivity contribution in [1.29, 1.82) is 0 Å². The number of nitrogens with zero attached hydrogens (tertiary/aromatic N) is 2. The summed E-state index contributed by atoms with van der Waals surface area (Å²) in [6.45, 7) is 5.43. The topological polar surface area (TPSA) is 29.9 Å². The summed E-state index contributed by atoms with van der Waals surface area (Å²) in [6, 6.07) is 4.58. The van der Waals surface area contributed by atoms with Gasteiger partial charge in [-0.3, -0.25) is 4.68 Å². The maximum absolute atomic E-state index is 14.0. The Balaban J connectivity index is 2.38. The van der Waals surface area contributed by atoms with Gasteiger partial charge in [-0.05, 0) is 32.0 Å². The van der Waals surface area contributed by atoms with Gasteiger partial charge in [0.05, 0.1) is 23.0 Å². The number of halogens is 3. The van der Waals surface area contributed by atoms with Gasteiger partial charge in [0.15, 0.2) is 0 Å². The molecule has 114 valence electrons. The van der Waals surface area contributed by atoms with E-state index in [1.54, 1.807) is 18.3 Å². The number of aromatic nitrogens is 2. The molecule has 1 aromatic heterocycles. The van der Waals surface area contributed by atoms with Crippen molar-refractivity contribution in [2.24, 2.45) is 0 Å². The first kappa shape index (κ1) is 16.3. The summed E-state index contributed by atoms with van der Waals surface area (Å²) in [5.74, 6) is -0.302. The summed E-state index contributed by atoms with van der Waals surface area (Å²) >= 11 is 12.4. The van der Waals surface area contributed by atoms with Gasteiger partial charge >= 0.3 is 0 Å². The molecule has 2 aromatic rings. The van der Waals surface area contributed by atoms with Crippen molar-refractivity contribution in [3.05, 3.63) is 51.5 Å². The average Bonchev–Trinajstić information content (AvgIpc) is 2.83. The Hall–Kier alpha value is -1.10. The zero-order chi connectivity index (χ0) is 15.4. The van der Waals surface area contributed by atoms with Gasteiger partial charge in [-0.2, -0.15) is 5.10 Å². The lowest BCUT2D eigenvalue weighted by Crippen LogP contribution is -2.26. The third kappa shape index (κ3) is 3.57. The molecule has 0 spiro atoms. The molecule has 1 heterocycles. The van der Waals surface area contributed by atoms with Gasteiger partial charge in [-0.1, -0.05) is 36.2 Å². The molecule has 1 aromatic carbocycles. The second-order valence-electron chi connectivity index (χ2n) is 4.71. The number of hydrogen-bond acceptors (Lipinski definition) is 2. The van der Waals surface area contributed by atoms with Crippen LogP contribution in [0.1, 0.15) is 31.1 Å². The molecule has 3 nitrogen and oxygen atoms in total. The fraction of sp³-hybridized carbons (Fsp3) is 0.400. The van der Waals surface area contributed by atoms with E-state index in [2.05, 4.69) is 10.4 Å². The Kier molecular flexibility index (Phi) is 5.62. The van der Waals surface area contributed by atoms with Crippen LogP contribution in [0.15, 0.2) is 24.4 Å². The molecule has 0 radical (unpaired) electrons. The molecule has 1 atom stereocenters. The SMILES string of the molecule is CCNC(Cc1c(F)cccc1Cl)c1c(Cl)cnn1CC. The molecule has 0 bridgehead atoms. The number of hydrogen-bond donors (Lipinski definition) is 1. The zero-order valence-corrected chi connectivity index (χ0v) is 13.5. The van der Waals surface area contributed by atoms with Crippen molar-refractivity contribution in [2.75, 3.05) is 6.54 Å². The van der Waals surface area contributed by atoms with Gasteiger partial charge in [0.25, 0.3) is 0 Å². The minimum absolute atomic E-state index is 0.139. The zero-order valence-electron chi connectivity index (χ0n) is 12.0. The Bertz CT molecular complexity index is 593. The van der Waals surface area contributed by atoms with E-state index in [1.165, 1.54) is 6.07 Å². The lowest BCUT2D eigenvalue weighted by molar-refractivity contribution is 0.481. The van der Waals surface area contributed by atoms with Crippen molar-refractivity contribution in [1.82, 2.24) is 15.1 Å². The Morgan fingerprint density at radius 1 is 1.29 bits per heavy atom. The van der Waals surface area contributed by atoms with Gasteiger partial charge in [-0.15, -0.1) is 0 Å². The van der Waals surface area contributed by atoms with Crippen molar-refractivity contribution in [2.45, 2.75) is 32.9 Å². The first-order chi connectivity index (χ1) is 10.1. The van der Waals surface area contributed by atoms with E-state index >= 15 is 0 Å². The molecule has 0 saturated heterocycles. The van der Waals surface area contributed by atoms with Crippen LogP contribution in [-0.4, -0.2) is 16.3 Å². The minimum atomic E-state index is -0.302. The van der Waals surface area contributed by atoms with Gasteiger partial charge in [0, 0.05) is 17.1 Å². The number of aryl methyl sites for hydroxylation is 1. The monoisotopic (exact) mass is 329 g/mol. The number of rotatable bonds is 6. The predicted molar refractivity (Wildman–Crippen MR) is 84.4 cm³/mol. The summed E-state index contributed by atoms with van der Waals surface area (Å²) in [5.41, 5.74) is 1.35. The number of nitrogens with one attached hydrogen (secondary N) is 1. The Labute approximate surface area is 134 Å². The van der Waals surface area contributed by atoms with E-state index in [1.807, 2.05) is 18.5 Å². The van der Waals surface area contributed by atoms with Gasteiger partial charge in [0.1, 0.15) is 5.82 Å². The molecule has 1 N–H and O–H groups in total. The van der Waals surface area contributed by atoms with Crippen LogP contribution in [0.2, 0.25) is 10.0 Å². The highest BCUT2D eigenvalue weighted by atomic mass is 35.5. The molecular formula is C15H18Cl2FN3. The van der Waals surface area contributed by atoms with E-state index in [4.69, 9.17) is 23.2 Å². The van der Waals surface area contributed by atoms with Gasteiger partial charge < -0.3 is 5.32 Å². The summed E-state index contributed by atoms with van der Waals surface area (Å²) in [4.78, 5) is 0. The lowest BCUT2D eigenvalue weighted by atomic mass is 10.0. The summed E-state index contributed by atoms with van der Waals surface area (Å²) in [5, 5.41) is 8.58. The third-order valence-corrected chi connectivity index (χ3v) is 4.03. The Morgan fingerprint density at radius 3 is 2.67 bits per heavy atom. The third-order valence-electron chi connectivity index (χ3n) is 3.38. The van der Waals surface area contributed by atoms with Crippen molar-refractivity contribution in [3.63, 3.8) is 0 Å². The van der Waals surface area contributed by atoms with Gasteiger partial charge in [-0.25, -0.2) is 4.39 Å². The lowest BCUT2D eigenvalue weighted by Gasteiger charge is -2.20. The highest BCUT2D eigenvalue weighted by molar-refractivity contribution is 6.31. The van der Waals surface area contributed by atoms with Crippen LogP contribution >= 0.6 is 23.2 Å². The molecule has 0 aliphatic carbocycles. The molecule has 6 heteroatoms. The quantitative estimate of drug-likeness (QED) is 0.858. The fourth-order valence-corrected chi connectivity index (χ4v) is 2.93. The van der Waals surface area contributed by atoms with Crippen LogP contribution in [0.4, 0.5) is 4.39 Å². The van der Waals surface area contributed by atoms with Crippen LogP contribution in [-0.2, 0) is 13.0 Å². The highest BCUT2D eigenvalue weighted by Crippen LogP contribution is 2.29. The van der Waals surface area contributed by atoms with Crippen LogP contribution in [0.3, 0.4) is 0 Å². The largest absolute Gasteiger partial charge is 0.309 e. The Morgan fingerprint density at radius 2 is 2.05 bits per heavy atom. The molecule has 0 aliphatic heterocycles. The maximum atomic E-state index is 14.0. The van der Waals surface area contributed by atoms with E-state index in [-0.39, 0.29) is 11.9 Å². The highest BCUT2D eigenvalue weighted by Gasteiger charge is 2.22. The van der Waals surface area contributed by atoms with Crippen molar-refractivity contribution < 1.29 is 4.39 Å². The number of likely N-dealkylation sites (N-methyl/N-ethyl adjacent to an activating group) is 1. The van der Waals surface area contributed by atoms with E-state index < -0.39 is 0 Å². The molecule has 1 unspecified atom stereocenters. The van der Waals surface area contributed by atoms with Gasteiger partial charge in [0.2, 0.25) is 0 Å². The van der Waals surface area contributed by atoms with Crippen molar-refractivity contribution >= 4 is 23.2 Å². The minimum Gasteiger partial charge on any atom is -0.309 e. The molecule has 0 amide bonds. The summed E-state index contributed by atoms with van der Waals surface area (Å²) in [7, 11) is 0. The molecule has 2 rings (SSSR count). The van der Waals surface area contributed by atoms with E-state index in [9.17, 15) is 4.39 Å². The number of benzene rings is 1. The predicted octanol–water partition coefficient (Wildman–Crippen LogP) is 4.24. The maximum Gasteiger partial charge on any atom is 0.127 e. The van der Waals surface area contributed by atoms with Crippen LogP contribution < -0.4 is 5.32 Å². The first-order valence-electron chi connectivity index (χ1n) is 6.95. The van der Waals surface area contributed by atoms with Crippen LogP contribution in [0, 0.1) is 5.82 Å². The van der Waals surface area contributed by atoms with Crippen LogP contribution in [0.5, 0.6) is 0 Å². The molecule has 0 fully saturated rings. The smallest absolute Gasteiger partial charge is 0.127 e. The molecular weight excluding hydrogens is 312 g/mol. The standard InChI is InChI=1S/C15H18Cl2FN3/c1-3-19-14(15-12(17)9-20-21(15)4-2)8-10-11(16)6-5-7-13(10)18/h5-7,9,14,19H,3-4,8H2,1-2H3. The van der Waals surface area contributed by atoms with Crippen molar-refractivity contribution in [3.8, 4) is 0 Å². The van der Waals surface area contributed by atoms with E-state index in [0.717, 1.165) is 12.2 Å². The summed E-state index contributed by atoms with van der Waals surface area (Å²) < 4.78 is 15.8. The van der Waals surface area contributed by atoms with E-state index in [0.29, 0.717) is 28.6 Å².